The molecule has 0 heterocycles. The lowest BCUT2D eigenvalue weighted by molar-refractivity contribution is 0.978. The first-order chi connectivity index (χ1) is 6.29. The molecule has 68 valence electrons. The van der Waals surface area contributed by atoms with Crippen LogP contribution in [0.4, 0.5) is 5.69 Å². The number of anilines is 1. The maximum atomic E-state index is 8.88. The number of hydrogen-bond donors (Lipinski definition) is 1. The van der Waals surface area contributed by atoms with Crippen LogP contribution in [-0.2, 0) is 0 Å². The third-order valence-electron chi connectivity index (χ3n) is 1.69. The zero-order valence-electron chi connectivity index (χ0n) is 7.47. The summed E-state index contributed by atoms with van der Waals surface area (Å²) in [5, 5.41) is 12.1. The Morgan fingerprint density at radius 3 is 2.92 bits per heavy atom. The molecule has 0 amide bonds. The van der Waals surface area contributed by atoms with Crippen molar-refractivity contribution in [2.75, 3.05) is 11.9 Å². The van der Waals surface area contributed by atoms with E-state index in [1.807, 2.05) is 18.2 Å². The molecule has 0 aliphatic heterocycles. The molecular formula is C10H11BrN2. The highest BCUT2D eigenvalue weighted by atomic mass is 79.9. The van der Waals surface area contributed by atoms with E-state index in [1.54, 1.807) is 0 Å². The van der Waals surface area contributed by atoms with Crippen LogP contribution in [0.25, 0.3) is 0 Å². The van der Waals surface area contributed by atoms with Crippen molar-refractivity contribution in [1.82, 2.24) is 0 Å². The lowest BCUT2D eigenvalue weighted by Crippen LogP contribution is -2.01. The molecule has 0 fully saturated rings. The van der Waals surface area contributed by atoms with E-state index in [4.69, 9.17) is 5.26 Å². The highest BCUT2D eigenvalue weighted by Gasteiger charge is 2.03. The molecule has 0 saturated carbocycles. The average Bonchev–Trinajstić information content (AvgIpc) is 2.15. The van der Waals surface area contributed by atoms with Crippen molar-refractivity contribution in [2.24, 2.45) is 0 Å². The molecule has 1 N–H and O–H groups in total. The summed E-state index contributed by atoms with van der Waals surface area (Å²) in [4.78, 5) is 0. The van der Waals surface area contributed by atoms with Crippen molar-refractivity contribution < 1.29 is 0 Å². The molecule has 0 bridgehead atoms. The number of hydrogen-bond acceptors (Lipinski definition) is 2. The lowest BCUT2D eigenvalue weighted by Gasteiger charge is -2.07. The number of rotatable bonds is 3. The zero-order chi connectivity index (χ0) is 9.68. The summed E-state index contributed by atoms with van der Waals surface area (Å²) in [5.74, 6) is 0. The molecular weight excluding hydrogens is 228 g/mol. The molecule has 0 spiro atoms. The summed E-state index contributed by atoms with van der Waals surface area (Å²) < 4.78 is 0.844. The van der Waals surface area contributed by atoms with Crippen molar-refractivity contribution in [2.45, 2.75) is 13.3 Å². The van der Waals surface area contributed by atoms with Gasteiger partial charge in [0.05, 0.1) is 11.3 Å². The van der Waals surface area contributed by atoms with Gasteiger partial charge in [-0.05, 0) is 34.5 Å². The number of halogens is 1. The molecule has 13 heavy (non-hydrogen) atoms. The van der Waals surface area contributed by atoms with Gasteiger partial charge in [-0.15, -0.1) is 0 Å². The summed E-state index contributed by atoms with van der Waals surface area (Å²) >= 11 is 3.34. The highest BCUT2D eigenvalue weighted by molar-refractivity contribution is 9.10. The molecule has 1 rings (SSSR count). The first-order valence-corrected chi connectivity index (χ1v) is 5.01. The van der Waals surface area contributed by atoms with Gasteiger partial charge in [0.2, 0.25) is 0 Å². The van der Waals surface area contributed by atoms with E-state index in [-0.39, 0.29) is 0 Å². The Morgan fingerprint density at radius 2 is 2.31 bits per heavy atom. The van der Waals surface area contributed by atoms with Gasteiger partial charge in [-0.2, -0.15) is 5.26 Å². The Bertz CT molecular complexity index is 328. The normalized spacial score (nSPS) is 9.31. The fraction of sp³-hybridized carbons (Fsp3) is 0.300. The summed E-state index contributed by atoms with van der Waals surface area (Å²) in [6, 6.07) is 7.87. The third kappa shape index (κ3) is 2.46. The molecule has 0 aliphatic rings. The van der Waals surface area contributed by atoms with E-state index in [0.717, 1.165) is 23.1 Å². The number of benzene rings is 1. The van der Waals surface area contributed by atoms with Crippen molar-refractivity contribution in [1.29, 1.82) is 5.26 Å². The van der Waals surface area contributed by atoms with Gasteiger partial charge in [-0.1, -0.05) is 13.0 Å². The fourth-order valence-corrected chi connectivity index (χ4v) is 1.50. The van der Waals surface area contributed by atoms with Crippen LogP contribution in [0.5, 0.6) is 0 Å². The van der Waals surface area contributed by atoms with E-state index in [2.05, 4.69) is 34.2 Å². The molecule has 1 aromatic rings. The first-order valence-electron chi connectivity index (χ1n) is 4.22. The van der Waals surface area contributed by atoms with Gasteiger partial charge in [0.1, 0.15) is 6.07 Å². The second-order valence-electron chi connectivity index (χ2n) is 2.70. The summed E-state index contributed by atoms with van der Waals surface area (Å²) in [7, 11) is 0. The molecule has 3 heteroatoms. The summed E-state index contributed by atoms with van der Waals surface area (Å²) in [6.45, 7) is 2.99. The lowest BCUT2D eigenvalue weighted by atomic mass is 10.2. The molecule has 0 unspecified atom stereocenters. The van der Waals surface area contributed by atoms with Crippen LogP contribution in [0.15, 0.2) is 22.7 Å². The minimum absolute atomic E-state index is 0.677. The molecule has 2 nitrogen and oxygen atoms in total. The molecule has 0 atom stereocenters. The predicted octanol–water partition coefficient (Wildman–Crippen LogP) is 3.14. The van der Waals surface area contributed by atoms with Crippen LogP contribution in [-0.4, -0.2) is 6.54 Å². The second kappa shape index (κ2) is 4.88. The Balaban J connectivity index is 2.93. The Labute approximate surface area is 86.7 Å². The Kier molecular flexibility index (Phi) is 3.78. The quantitative estimate of drug-likeness (QED) is 0.879. The Morgan fingerprint density at radius 1 is 1.54 bits per heavy atom. The minimum atomic E-state index is 0.677. The van der Waals surface area contributed by atoms with Gasteiger partial charge in [0.15, 0.2) is 0 Å². The fourth-order valence-electron chi connectivity index (χ4n) is 1.04. The maximum absolute atomic E-state index is 8.88. The van der Waals surface area contributed by atoms with Crippen LogP contribution in [0.1, 0.15) is 18.9 Å². The zero-order valence-corrected chi connectivity index (χ0v) is 9.06. The van der Waals surface area contributed by atoms with Gasteiger partial charge in [-0.3, -0.25) is 0 Å². The van der Waals surface area contributed by atoms with Gasteiger partial charge in [0, 0.05) is 11.0 Å². The van der Waals surface area contributed by atoms with E-state index in [1.165, 1.54) is 0 Å². The van der Waals surface area contributed by atoms with Crippen molar-refractivity contribution in [3.05, 3.63) is 28.2 Å². The molecule has 0 aromatic heterocycles. The van der Waals surface area contributed by atoms with Crippen molar-refractivity contribution in [3.8, 4) is 6.07 Å². The topological polar surface area (TPSA) is 35.8 Å². The second-order valence-corrected chi connectivity index (χ2v) is 3.56. The number of nitrogens with zero attached hydrogens (tertiary/aromatic N) is 1. The van der Waals surface area contributed by atoms with E-state index >= 15 is 0 Å². The van der Waals surface area contributed by atoms with Crippen LogP contribution < -0.4 is 5.32 Å². The maximum Gasteiger partial charge on any atom is 0.103 e. The molecule has 1 aromatic carbocycles. The monoisotopic (exact) mass is 238 g/mol. The molecule has 0 radical (unpaired) electrons. The summed E-state index contributed by atoms with van der Waals surface area (Å²) in [5.41, 5.74) is 1.58. The van der Waals surface area contributed by atoms with Gasteiger partial charge >= 0.3 is 0 Å². The van der Waals surface area contributed by atoms with E-state index in [0.29, 0.717) is 5.56 Å². The van der Waals surface area contributed by atoms with Gasteiger partial charge < -0.3 is 5.32 Å². The Hall–Kier alpha value is -1.01. The van der Waals surface area contributed by atoms with Gasteiger partial charge in [0.25, 0.3) is 0 Å². The van der Waals surface area contributed by atoms with E-state index in [9.17, 15) is 0 Å². The van der Waals surface area contributed by atoms with Crippen LogP contribution >= 0.6 is 15.9 Å². The molecule has 0 saturated heterocycles. The number of nitrogens with one attached hydrogen (secondary N) is 1. The van der Waals surface area contributed by atoms with E-state index < -0.39 is 0 Å². The number of nitriles is 1. The summed E-state index contributed by atoms with van der Waals surface area (Å²) in [6.07, 6.45) is 1.05. The first kappa shape index (κ1) is 10.1. The van der Waals surface area contributed by atoms with Crippen molar-refractivity contribution in [3.63, 3.8) is 0 Å². The van der Waals surface area contributed by atoms with Crippen LogP contribution in [0, 0.1) is 11.3 Å². The van der Waals surface area contributed by atoms with Crippen LogP contribution in [0.2, 0.25) is 0 Å². The predicted molar refractivity (Wildman–Crippen MR) is 57.6 cm³/mol. The minimum Gasteiger partial charge on any atom is -0.384 e. The highest BCUT2D eigenvalue weighted by Crippen LogP contribution is 2.23. The van der Waals surface area contributed by atoms with Crippen LogP contribution in [0.3, 0.4) is 0 Å². The SMILES string of the molecule is CCCNc1cccc(Br)c1C#N. The van der Waals surface area contributed by atoms with Gasteiger partial charge in [-0.25, -0.2) is 0 Å². The van der Waals surface area contributed by atoms with Crippen molar-refractivity contribution >= 4 is 21.6 Å². The molecule has 0 aliphatic carbocycles. The smallest absolute Gasteiger partial charge is 0.103 e. The third-order valence-corrected chi connectivity index (χ3v) is 2.35. The largest absolute Gasteiger partial charge is 0.384 e. The average molecular weight is 239 g/mol. The standard InChI is InChI=1S/C10H11BrN2/c1-2-6-13-10-5-3-4-9(11)8(10)7-12/h3-5,13H,2,6H2,1H3.